The van der Waals surface area contributed by atoms with Gasteiger partial charge in [-0.3, -0.25) is 0 Å². The Bertz CT molecular complexity index is 211. The molecule has 0 amide bonds. The van der Waals surface area contributed by atoms with Crippen molar-refractivity contribution in [2.24, 2.45) is 0 Å². The van der Waals surface area contributed by atoms with Crippen molar-refractivity contribution in [1.82, 2.24) is 0 Å². The van der Waals surface area contributed by atoms with Gasteiger partial charge in [-0.1, -0.05) is 18.2 Å². The van der Waals surface area contributed by atoms with Gasteiger partial charge in [0.05, 0.1) is 5.56 Å². The van der Waals surface area contributed by atoms with Gasteiger partial charge in [0.2, 0.25) is 0 Å². The summed E-state index contributed by atoms with van der Waals surface area (Å²) < 4.78 is 0. The number of benzene rings is 1. The molecular formula is C8H9KO3. The van der Waals surface area contributed by atoms with E-state index < -0.39 is 5.97 Å². The number of carboxylic acids is 1. The minimum Gasteiger partial charge on any atom is -0.569 e. The van der Waals surface area contributed by atoms with Gasteiger partial charge in [-0.25, -0.2) is 11.9 Å². The third-order valence-electron chi connectivity index (χ3n) is 1.02. The average molecular weight is 192 g/mol. The predicted molar refractivity (Wildman–Crippen MR) is 40.7 cm³/mol. The van der Waals surface area contributed by atoms with E-state index in [0.29, 0.717) is 5.56 Å². The molecule has 0 aliphatic rings. The van der Waals surface area contributed by atoms with E-state index in [0.717, 1.165) is 0 Å². The third-order valence-corrected chi connectivity index (χ3v) is 1.02. The van der Waals surface area contributed by atoms with Gasteiger partial charge in [0.25, 0.3) is 0 Å². The summed E-state index contributed by atoms with van der Waals surface area (Å²) in [6.45, 7) is 0. The summed E-state index contributed by atoms with van der Waals surface area (Å²) in [5.41, 5.74) is 0.331. The van der Waals surface area contributed by atoms with Gasteiger partial charge in [-0.05, 0) is 12.1 Å². The first-order valence-corrected chi connectivity index (χ1v) is 2.90. The van der Waals surface area contributed by atoms with Gasteiger partial charge in [0.15, 0.2) is 0 Å². The van der Waals surface area contributed by atoms with E-state index in [9.17, 15) is 4.79 Å². The Hall–Kier alpha value is 0.286. The van der Waals surface area contributed by atoms with E-state index in [1.54, 1.807) is 30.3 Å². The zero-order valence-corrected chi connectivity index (χ0v) is 10.0. The maximum absolute atomic E-state index is 10.2. The molecule has 1 aromatic carbocycles. The number of hydrogen-bond acceptors (Lipinski definition) is 2. The van der Waals surface area contributed by atoms with Crippen LogP contribution in [0.4, 0.5) is 0 Å². The van der Waals surface area contributed by atoms with Gasteiger partial charge >= 0.3 is 57.4 Å². The fourth-order valence-corrected chi connectivity index (χ4v) is 0.581. The largest absolute Gasteiger partial charge is 1.00 e. The molecule has 12 heavy (non-hydrogen) atoms. The first kappa shape index (κ1) is 14.8. The molecule has 0 saturated heterocycles. The van der Waals surface area contributed by atoms with Crippen molar-refractivity contribution < 1.29 is 66.4 Å². The number of carbonyl (C=O) groups is 1. The molecule has 0 bridgehead atoms. The quantitative estimate of drug-likeness (QED) is 0.422. The van der Waals surface area contributed by atoms with Crippen molar-refractivity contribution in [3.8, 4) is 0 Å². The fourth-order valence-electron chi connectivity index (χ4n) is 0.581. The monoisotopic (exact) mass is 192 g/mol. The smallest absolute Gasteiger partial charge is 0.569 e. The molecule has 0 unspecified atom stereocenters. The van der Waals surface area contributed by atoms with Crippen molar-refractivity contribution in [3.63, 3.8) is 0 Å². The summed E-state index contributed by atoms with van der Waals surface area (Å²) >= 11 is 0. The zero-order valence-electron chi connectivity index (χ0n) is 6.90. The van der Waals surface area contributed by atoms with Gasteiger partial charge < -0.3 is 10.2 Å². The topological polar surface area (TPSA) is 57.5 Å². The molecule has 2 N–H and O–H groups in total. The second-order valence-corrected chi connectivity index (χ2v) is 1.67. The minimum absolute atomic E-state index is 0. The molecular weight excluding hydrogens is 183 g/mol. The second-order valence-electron chi connectivity index (χ2n) is 1.67. The molecule has 0 aromatic heterocycles. The van der Waals surface area contributed by atoms with Gasteiger partial charge in [-0.2, -0.15) is 0 Å². The normalized spacial score (nSPS) is 7.17. The van der Waals surface area contributed by atoms with Crippen LogP contribution in [0.5, 0.6) is 0 Å². The molecule has 60 valence electrons. The molecule has 0 atom stereocenters. The summed E-state index contributed by atoms with van der Waals surface area (Å²) in [4.78, 5) is 10.2. The standard InChI is InChI=1S/C7H6O2.CH3O.K/c8-7(9)6-4-2-1-3-5-6;1-2;/h1-5H,(H,8,9);2H,1H2;/q;-1;+1. The number of carboxylic acid groups (broad SMARTS) is 1. The molecule has 3 nitrogen and oxygen atoms in total. The van der Waals surface area contributed by atoms with Crippen LogP contribution in [0.25, 0.3) is 0 Å². The summed E-state index contributed by atoms with van der Waals surface area (Å²) in [7, 11) is 2.25. The van der Waals surface area contributed by atoms with E-state index in [1.165, 1.54) is 0 Å². The molecule has 0 heterocycles. The Morgan fingerprint density at radius 2 is 1.58 bits per heavy atom. The molecule has 4 heteroatoms. The van der Waals surface area contributed by atoms with Crippen LogP contribution in [0.15, 0.2) is 30.3 Å². The number of aliphatic hydroxyl groups is 1. The van der Waals surface area contributed by atoms with Crippen molar-refractivity contribution in [2.75, 3.05) is 0 Å². The second kappa shape index (κ2) is 9.37. The van der Waals surface area contributed by atoms with Crippen LogP contribution in [0.1, 0.15) is 10.4 Å². The van der Waals surface area contributed by atoms with E-state index >= 15 is 0 Å². The molecule has 0 spiro atoms. The maximum Gasteiger partial charge on any atom is 1.00 e. The number of aliphatic hydroxyl groups excluding tert-OH is 1. The summed E-state index contributed by atoms with van der Waals surface area (Å²) in [5, 5.41) is 15.1. The van der Waals surface area contributed by atoms with E-state index in [1.807, 2.05) is 0 Å². The van der Waals surface area contributed by atoms with Crippen molar-refractivity contribution in [3.05, 3.63) is 43.0 Å². The SMILES string of the molecule is O=C(O)c1ccccc1.[CH2-]O.[K+]. The maximum atomic E-state index is 10.2. The summed E-state index contributed by atoms with van der Waals surface area (Å²) in [5.74, 6) is -0.879. The predicted octanol–water partition coefficient (Wildman–Crippen LogP) is -1.46. The molecule has 1 rings (SSSR count). The van der Waals surface area contributed by atoms with E-state index in [-0.39, 0.29) is 51.4 Å². The van der Waals surface area contributed by atoms with Crippen molar-refractivity contribution in [2.45, 2.75) is 0 Å². The average Bonchev–Trinajstić information content (AvgIpc) is 2.10. The number of hydrogen-bond donors (Lipinski definition) is 2. The molecule has 0 fully saturated rings. The molecule has 1 aromatic rings. The molecule has 0 radical (unpaired) electrons. The van der Waals surface area contributed by atoms with E-state index in [2.05, 4.69) is 7.11 Å². The Kier molecular flexibility index (Phi) is 11.6. The van der Waals surface area contributed by atoms with Crippen LogP contribution in [0.2, 0.25) is 0 Å². The van der Waals surface area contributed by atoms with Gasteiger partial charge in [-0.15, -0.1) is 0 Å². The Labute approximate surface area is 114 Å². The van der Waals surface area contributed by atoms with Crippen LogP contribution < -0.4 is 51.4 Å². The van der Waals surface area contributed by atoms with Crippen LogP contribution in [-0.4, -0.2) is 16.2 Å². The zero-order chi connectivity index (χ0) is 8.69. The van der Waals surface area contributed by atoms with Crippen LogP contribution in [0, 0.1) is 7.11 Å². The van der Waals surface area contributed by atoms with Gasteiger partial charge in [0.1, 0.15) is 0 Å². The Morgan fingerprint density at radius 3 is 1.83 bits per heavy atom. The first-order valence-electron chi connectivity index (χ1n) is 2.90. The van der Waals surface area contributed by atoms with Gasteiger partial charge in [0, 0.05) is 0 Å². The minimum atomic E-state index is -0.879. The first-order chi connectivity index (χ1) is 5.30. The fraction of sp³-hybridized carbons (Fsp3) is 0. The van der Waals surface area contributed by atoms with Crippen molar-refractivity contribution in [1.29, 1.82) is 0 Å². The Morgan fingerprint density at radius 1 is 1.17 bits per heavy atom. The molecule has 0 aliphatic heterocycles. The summed E-state index contributed by atoms with van der Waals surface area (Å²) in [6.07, 6.45) is 0. The molecule has 0 aliphatic carbocycles. The molecule has 0 saturated carbocycles. The van der Waals surface area contributed by atoms with Crippen LogP contribution in [-0.2, 0) is 0 Å². The Balaban J connectivity index is 0. The number of aromatic carboxylic acids is 1. The number of rotatable bonds is 1. The van der Waals surface area contributed by atoms with E-state index in [4.69, 9.17) is 10.2 Å². The summed E-state index contributed by atoms with van der Waals surface area (Å²) in [6, 6.07) is 8.30. The van der Waals surface area contributed by atoms with Crippen LogP contribution in [0.3, 0.4) is 0 Å². The van der Waals surface area contributed by atoms with Crippen LogP contribution >= 0.6 is 0 Å². The van der Waals surface area contributed by atoms with Crippen molar-refractivity contribution >= 4 is 5.97 Å². The third kappa shape index (κ3) is 5.88.